The van der Waals surface area contributed by atoms with Gasteiger partial charge in [0.1, 0.15) is 6.04 Å². The van der Waals surface area contributed by atoms with Crippen LogP contribution in [0.3, 0.4) is 0 Å². The highest BCUT2D eigenvalue weighted by Gasteiger charge is 2.29. The van der Waals surface area contributed by atoms with Crippen LogP contribution in [0.5, 0.6) is 0 Å². The maximum atomic E-state index is 12.4. The van der Waals surface area contributed by atoms with Crippen molar-refractivity contribution < 1.29 is 18.3 Å². The van der Waals surface area contributed by atoms with Crippen LogP contribution in [-0.2, 0) is 20.2 Å². The Balaban J connectivity index is 3.14. The number of hydrogen-bond acceptors (Lipinski definition) is 3. The highest BCUT2D eigenvalue weighted by Crippen LogP contribution is 2.28. The first kappa shape index (κ1) is 17.7. The molecule has 0 bridgehead atoms. The number of rotatable bonds is 6. The van der Waals surface area contributed by atoms with E-state index in [-0.39, 0.29) is 10.3 Å². The van der Waals surface area contributed by atoms with Crippen LogP contribution in [0, 0.1) is 0 Å². The second-order valence-corrected chi connectivity index (χ2v) is 7.79. The second-order valence-electron chi connectivity index (χ2n) is 5.80. The van der Waals surface area contributed by atoms with Gasteiger partial charge in [-0.1, -0.05) is 32.9 Å². The molecule has 0 heterocycles. The molecule has 1 rings (SSSR count). The van der Waals surface area contributed by atoms with E-state index >= 15 is 0 Å². The molecule has 1 N–H and O–H groups in total. The first-order valence-electron chi connectivity index (χ1n) is 6.85. The van der Waals surface area contributed by atoms with Crippen LogP contribution in [-0.4, -0.2) is 36.9 Å². The summed E-state index contributed by atoms with van der Waals surface area (Å²) in [5.74, 6) is -1.18. The summed E-state index contributed by atoms with van der Waals surface area (Å²) in [4.78, 5) is 11.0. The monoisotopic (exact) mass is 313 g/mol. The normalized spacial score (nSPS) is 14.2. The zero-order valence-electron chi connectivity index (χ0n) is 13.1. The predicted molar refractivity (Wildman–Crippen MR) is 81.8 cm³/mol. The number of carbonyl (C=O) groups is 1. The maximum Gasteiger partial charge on any atom is 0.321 e. The van der Waals surface area contributed by atoms with E-state index in [0.29, 0.717) is 0 Å². The van der Waals surface area contributed by atoms with Gasteiger partial charge in [-0.25, -0.2) is 8.42 Å². The van der Waals surface area contributed by atoms with Crippen molar-refractivity contribution in [2.75, 3.05) is 7.05 Å². The van der Waals surface area contributed by atoms with Gasteiger partial charge < -0.3 is 5.11 Å². The van der Waals surface area contributed by atoms with E-state index in [2.05, 4.69) is 20.8 Å². The van der Waals surface area contributed by atoms with Crippen molar-refractivity contribution in [3.63, 3.8) is 0 Å². The quantitative estimate of drug-likeness (QED) is 0.875. The van der Waals surface area contributed by atoms with E-state index in [9.17, 15) is 13.2 Å². The van der Waals surface area contributed by atoms with Gasteiger partial charge in [0.05, 0.1) is 4.90 Å². The molecule has 118 valence electrons. The Bertz CT molecular complexity index is 605. The maximum absolute atomic E-state index is 12.4. The van der Waals surface area contributed by atoms with Gasteiger partial charge in [-0.05, 0) is 36.5 Å². The van der Waals surface area contributed by atoms with Gasteiger partial charge in [0, 0.05) is 7.05 Å². The minimum absolute atomic E-state index is 0.0252. The lowest BCUT2D eigenvalue weighted by Gasteiger charge is -2.24. The zero-order valence-corrected chi connectivity index (χ0v) is 13.9. The van der Waals surface area contributed by atoms with Crippen LogP contribution in [0.15, 0.2) is 29.2 Å². The molecule has 0 fully saturated rings. The summed E-state index contributed by atoms with van der Waals surface area (Å²) >= 11 is 0. The number of sulfonamides is 1. The molecule has 0 saturated carbocycles. The molecule has 1 aromatic carbocycles. The fraction of sp³-hybridized carbons (Fsp3) is 0.533. The molecule has 0 aliphatic rings. The van der Waals surface area contributed by atoms with Gasteiger partial charge in [-0.15, -0.1) is 0 Å². The minimum atomic E-state index is -3.80. The van der Waals surface area contributed by atoms with Crippen molar-refractivity contribution in [3.8, 4) is 0 Å². The molecule has 0 saturated heterocycles. The predicted octanol–water partition coefficient (Wildman–Crippen LogP) is 2.47. The summed E-state index contributed by atoms with van der Waals surface area (Å²) in [5, 5.41) is 8.94. The van der Waals surface area contributed by atoms with Crippen molar-refractivity contribution in [2.24, 2.45) is 0 Å². The lowest BCUT2D eigenvalue weighted by molar-refractivity contribution is -0.140. The van der Waals surface area contributed by atoms with Crippen molar-refractivity contribution >= 4 is 16.0 Å². The molecule has 21 heavy (non-hydrogen) atoms. The molecule has 0 aliphatic carbocycles. The molecular weight excluding hydrogens is 290 g/mol. The van der Waals surface area contributed by atoms with Crippen LogP contribution in [0.25, 0.3) is 0 Å². The number of carboxylic acid groups (broad SMARTS) is 1. The molecule has 0 amide bonds. The Kier molecular flexibility index (Phi) is 5.17. The van der Waals surface area contributed by atoms with E-state index in [1.54, 1.807) is 12.1 Å². The SMILES string of the molecule is CCC(C)(C)c1ccc(S(=O)(=O)N(C)C(C)C(=O)O)cc1. The summed E-state index contributed by atoms with van der Waals surface area (Å²) < 4.78 is 25.6. The Morgan fingerprint density at radius 3 is 2.14 bits per heavy atom. The van der Waals surface area contributed by atoms with E-state index < -0.39 is 22.0 Å². The van der Waals surface area contributed by atoms with Crippen LogP contribution in [0.2, 0.25) is 0 Å². The number of hydrogen-bond donors (Lipinski definition) is 1. The van der Waals surface area contributed by atoms with Gasteiger partial charge >= 0.3 is 5.97 Å². The summed E-state index contributed by atoms with van der Waals surface area (Å²) in [6.45, 7) is 7.60. The van der Waals surface area contributed by atoms with Crippen LogP contribution in [0.1, 0.15) is 39.7 Å². The molecule has 5 nitrogen and oxygen atoms in total. The third kappa shape index (κ3) is 3.63. The molecule has 1 unspecified atom stereocenters. The van der Waals surface area contributed by atoms with Crippen LogP contribution >= 0.6 is 0 Å². The first-order valence-corrected chi connectivity index (χ1v) is 8.29. The Morgan fingerprint density at radius 2 is 1.76 bits per heavy atom. The van der Waals surface area contributed by atoms with Gasteiger partial charge in [-0.2, -0.15) is 4.31 Å². The topological polar surface area (TPSA) is 74.7 Å². The highest BCUT2D eigenvalue weighted by molar-refractivity contribution is 7.89. The molecule has 0 aliphatic heterocycles. The molecule has 0 aromatic heterocycles. The van der Waals surface area contributed by atoms with E-state index in [0.717, 1.165) is 16.3 Å². The fourth-order valence-electron chi connectivity index (χ4n) is 1.81. The highest BCUT2D eigenvalue weighted by atomic mass is 32.2. The molecule has 6 heteroatoms. The van der Waals surface area contributed by atoms with Crippen molar-refractivity contribution in [3.05, 3.63) is 29.8 Å². The van der Waals surface area contributed by atoms with Gasteiger partial charge in [0.2, 0.25) is 10.0 Å². The number of nitrogens with zero attached hydrogens (tertiary/aromatic N) is 1. The van der Waals surface area contributed by atoms with E-state index in [4.69, 9.17) is 5.11 Å². The second kappa shape index (κ2) is 6.15. The van der Waals surface area contributed by atoms with Gasteiger partial charge in [0.15, 0.2) is 0 Å². The Morgan fingerprint density at radius 1 is 1.29 bits per heavy atom. The van der Waals surface area contributed by atoms with Crippen LogP contribution < -0.4 is 0 Å². The minimum Gasteiger partial charge on any atom is -0.480 e. The molecule has 0 spiro atoms. The number of carboxylic acids is 1. The average Bonchev–Trinajstić information content (AvgIpc) is 2.45. The molecule has 0 radical (unpaired) electrons. The summed E-state index contributed by atoms with van der Waals surface area (Å²) in [6, 6.07) is 5.53. The summed E-state index contributed by atoms with van der Waals surface area (Å²) in [5.41, 5.74) is 1.03. The average molecular weight is 313 g/mol. The van der Waals surface area contributed by atoms with Crippen LogP contribution in [0.4, 0.5) is 0 Å². The van der Waals surface area contributed by atoms with Crippen molar-refractivity contribution in [2.45, 2.75) is 50.5 Å². The smallest absolute Gasteiger partial charge is 0.321 e. The zero-order chi connectivity index (χ0) is 16.4. The largest absolute Gasteiger partial charge is 0.480 e. The fourth-order valence-corrected chi connectivity index (χ4v) is 3.13. The molecule has 1 aromatic rings. The number of aliphatic carboxylic acids is 1. The molecular formula is C15H23NO4S. The van der Waals surface area contributed by atoms with E-state index in [1.165, 1.54) is 26.1 Å². The number of likely N-dealkylation sites (N-methyl/N-ethyl adjacent to an activating group) is 1. The lowest BCUT2D eigenvalue weighted by atomic mass is 9.82. The van der Waals surface area contributed by atoms with E-state index in [1.807, 2.05) is 0 Å². The van der Waals surface area contributed by atoms with Gasteiger partial charge in [0.25, 0.3) is 0 Å². The number of benzene rings is 1. The van der Waals surface area contributed by atoms with Crippen molar-refractivity contribution in [1.82, 2.24) is 4.31 Å². The third-order valence-electron chi connectivity index (χ3n) is 4.10. The third-order valence-corrected chi connectivity index (χ3v) is 6.04. The van der Waals surface area contributed by atoms with Gasteiger partial charge in [-0.3, -0.25) is 4.79 Å². The standard InChI is InChI=1S/C15H23NO4S/c1-6-15(3,4)12-7-9-13(10-8-12)21(19,20)16(5)11(2)14(17)18/h7-11H,6H2,1-5H3,(H,17,18). The Labute approximate surface area is 126 Å². The lowest BCUT2D eigenvalue weighted by Crippen LogP contribution is -2.40. The molecule has 1 atom stereocenters. The summed E-state index contributed by atoms with van der Waals surface area (Å²) in [7, 11) is -2.52. The Hall–Kier alpha value is -1.40. The van der Waals surface area contributed by atoms with Crippen molar-refractivity contribution in [1.29, 1.82) is 0 Å². The summed E-state index contributed by atoms with van der Waals surface area (Å²) in [6.07, 6.45) is 0.940. The first-order chi connectivity index (χ1) is 9.54.